The number of hydrogen-bond donors (Lipinski definition) is 1. The molecule has 25 heavy (non-hydrogen) atoms. The van der Waals surface area contributed by atoms with E-state index in [1.54, 1.807) is 30.5 Å². The summed E-state index contributed by atoms with van der Waals surface area (Å²) in [5.41, 5.74) is 1.07. The van der Waals surface area contributed by atoms with Gasteiger partial charge in [-0.15, -0.1) is 0 Å². The summed E-state index contributed by atoms with van der Waals surface area (Å²) in [4.78, 5) is 7.98. The number of rotatable bonds is 5. The summed E-state index contributed by atoms with van der Waals surface area (Å²) in [5, 5.41) is 12.1. The van der Waals surface area contributed by atoms with E-state index >= 15 is 0 Å². The quantitative estimate of drug-likeness (QED) is 0.728. The molecule has 5 nitrogen and oxygen atoms in total. The van der Waals surface area contributed by atoms with Gasteiger partial charge in [-0.25, -0.2) is 9.37 Å². The van der Waals surface area contributed by atoms with Crippen LogP contribution in [0.1, 0.15) is 11.1 Å². The monoisotopic (exact) mass is 354 g/mol. The fraction of sp³-hybridized carbons (Fsp3) is 0.0556. The lowest BCUT2D eigenvalue weighted by atomic mass is 10.2. The van der Waals surface area contributed by atoms with Gasteiger partial charge in [0, 0.05) is 18.9 Å². The van der Waals surface area contributed by atoms with Crippen LogP contribution < -0.4 is 10.1 Å². The maximum Gasteiger partial charge on any atom is 0.166 e. The summed E-state index contributed by atoms with van der Waals surface area (Å²) in [7, 11) is 0. The zero-order valence-corrected chi connectivity index (χ0v) is 13.7. The summed E-state index contributed by atoms with van der Waals surface area (Å²) >= 11 is 6.05. The Balaban J connectivity index is 1.68. The molecular formula is C18H12ClFN4O. The minimum atomic E-state index is -0.484. The van der Waals surface area contributed by atoms with Crippen molar-refractivity contribution in [3.8, 4) is 17.6 Å². The lowest BCUT2D eigenvalue weighted by Gasteiger charge is -2.10. The van der Waals surface area contributed by atoms with Crippen molar-refractivity contribution in [3.63, 3.8) is 0 Å². The number of pyridine rings is 2. The molecule has 0 unspecified atom stereocenters. The van der Waals surface area contributed by atoms with Crippen molar-refractivity contribution >= 4 is 17.4 Å². The Labute approximate surface area is 148 Å². The van der Waals surface area contributed by atoms with Crippen LogP contribution in [0, 0.1) is 17.1 Å². The van der Waals surface area contributed by atoms with Crippen molar-refractivity contribution in [2.45, 2.75) is 6.54 Å². The average Bonchev–Trinajstić information content (AvgIpc) is 2.63. The van der Waals surface area contributed by atoms with Crippen molar-refractivity contribution in [1.29, 1.82) is 5.26 Å². The van der Waals surface area contributed by atoms with Crippen molar-refractivity contribution in [2.24, 2.45) is 0 Å². The summed E-state index contributed by atoms with van der Waals surface area (Å²) in [6.07, 6.45) is 4.54. The van der Waals surface area contributed by atoms with Crippen LogP contribution in [0.25, 0.3) is 0 Å². The molecule has 0 bridgehead atoms. The van der Waals surface area contributed by atoms with Crippen molar-refractivity contribution in [2.75, 3.05) is 5.32 Å². The Hall–Kier alpha value is -3.17. The Morgan fingerprint density at radius 3 is 2.80 bits per heavy atom. The van der Waals surface area contributed by atoms with Gasteiger partial charge < -0.3 is 10.1 Å². The first-order valence-corrected chi connectivity index (χ1v) is 7.69. The maximum absolute atomic E-state index is 14.2. The van der Waals surface area contributed by atoms with Gasteiger partial charge in [-0.1, -0.05) is 17.7 Å². The van der Waals surface area contributed by atoms with E-state index in [9.17, 15) is 4.39 Å². The lowest BCUT2D eigenvalue weighted by Crippen LogP contribution is -2.03. The van der Waals surface area contributed by atoms with E-state index in [2.05, 4.69) is 15.3 Å². The Bertz CT molecular complexity index is 928. The molecule has 0 aliphatic carbocycles. The molecular weight excluding hydrogens is 343 g/mol. The second-order valence-electron chi connectivity index (χ2n) is 5.08. The van der Waals surface area contributed by atoms with Gasteiger partial charge in [-0.3, -0.25) is 4.98 Å². The highest BCUT2D eigenvalue weighted by Crippen LogP contribution is 2.25. The number of halogens is 2. The zero-order chi connectivity index (χ0) is 17.6. The molecule has 7 heteroatoms. The molecule has 0 aliphatic heterocycles. The van der Waals surface area contributed by atoms with E-state index in [1.807, 2.05) is 6.07 Å². The molecule has 3 aromatic rings. The van der Waals surface area contributed by atoms with Crippen LogP contribution in [-0.4, -0.2) is 9.97 Å². The van der Waals surface area contributed by atoms with Crippen LogP contribution in [0.3, 0.4) is 0 Å². The number of benzene rings is 1. The summed E-state index contributed by atoms with van der Waals surface area (Å²) in [6.45, 7) is 0.322. The molecule has 0 amide bonds. The molecule has 3 rings (SSSR count). The minimum absolute atomic E-state index is 0.117. The molecule has 0 spiro atoms. The zero-order valence-electron chi connectivity index (χ0n) is 12.9. The Kier molecular flexibility index (Phi) is 5.07. The fourth-order valence-corrected chi connectivity index (χ4v) is 2.32. The normalized spacial score (nSPS) is 10.1. The first-order valence-electron chi connectivity index (χ1n) is 7.31. The number of anilines is 1. The molecule has 0 atom stereocenters. The van der Waals surface area contributed by atoms with E-state index in [0.29, 0.717) is 34.3 Å². The predicted octanol–water partition coefficient (Wildman–Crippen LogP) is 4.55. The third-order valence-electron chi connectivity index (χ3n) is 3.29. The lowest BCUT2D eigenvalue weighted by molar-refractivity contribution is 0.440. The van der Waals surface area contributed by atoms with Crippen LogP contribution in [0.2, 0.25) is 5.02 Å². The van der Waals surface area contributed by atoms with Crippen molar-refractivity contribution < 1.29 is 9.13 Å². The Morgan fingerprint density at radius 1 is 1.24 bits per heavy atom. The second-order valence-corrected chi connectivity index (χ2v) is 5.48. The molecule has 0 saturated carbocycles. The van der Waals surface area contributed by atoms with Gasteiger partial charge in [-0.05, 0) is 35.9 Å². The van der Waals surface area contributed by atoms with E-state index in [1.165, 1.54) is 24.5 Å². The van der Waals surface area contributed by atoms with Crippen LogP contribution in [0.15, 0.2) is 55.0 Å². The van der Waals surface area contributed by atoms with Gasteiger partial charge >= 0.3 is 0 Å². The first kappa shape index (κ1) is 16.7. The van der Waals surface area contributed by atoms with Crippen LogP contribution in [0.4, 0.5) is 10.2 Å². The highest BCUT2D eigenvalue weighted by Gasteiger charge is 2.08. The van der Waals surface area contributed by atoms with Gasteiger partial charge in [0.1, 0.15) is 17.6 Å². The van der Waals surface area contributed by atoms with E-state index in [-0.39, 0.29) is 5.75 Å². The third kappa shape index (κ3) is 4.22. The van der Waals surface area contributed by atoms with E-state index in [0.717, 1.165) is 0 Å². The number of nitrogens with zero attached hydrogens (tertiary/aromatic N) is 3. The number of hydrogen-bond acceptors (Lipinski definition) is 5. The number of aromatic nitrogens is 2. The molecule has 124 valence electrons. The van der Waals surface area contributed by atoms with Gasteiger partial charge in [0.15, 0.2) is 11.6 Å². The molecule has 1 aromatic carbocycles. The summed E-state index contributed by atoms with van der Waals surface area (Å²) in [6, 6.07) is 11.5. The topological polar surface area (TPSA) is 70.8 Å². The van der Waals surface area contributed by atoms with E-state index < -0.39 is 5.82 Å². The smallest absolute Gasteiger partial charge is 0.166 e. The molecule has 2 heterocycles. The molecule has 0 radical (unpaired) electrons. The highest BCUT2D eigenvalue weighted by atomic mass is 35.5. The number of ether oxygens (including phenoxy) is 1. The molecule has 0 saturated heterocycles. The van der Waals surface area contributed by atoms with Crippen molar-refractivity contribution in [3.05, 3.63) is 77.0 Å². The first-order chi connectivity index (χ1) is 12.2. The van der Waals surface area contributed by atoms with Crippen molar-refractivity contribution in [1.82, 2.24) is 9.97 Å². The second kappa shape index (κ2) is 7.60. The van der Waals surface area contributed by atoms with E-state index in [4.69, 9.17) is 21.6 Å². The number of nitrogens with one attached hydrogen (secondary N) is 1. The largest absolute Gasteiger partial charge is 0.453 e. The highest BCUT2D eigenvalue weighted by molar-refractivity contribution is 6.33. The number of nitriles is 1. The SMILES string of the molecule is N#Cc1cnc(NCc2ccc(Oc3cccnc3)c(F)c2)c(Cl)c1. The van der Waals surface area contributed by atoms with Gasteiger partial charge in [-0.2, -0.15) is 5.26 Å². The third-order valence-corrected chi connectivity index (χ3v) is 3.58. The van der Waals surface area contributed by atoms with Gasteiger partial charge in [0.25, 0.3) is 0 Å². The van der Waals surface area contributed by atoms with Crippen LogP contribution in [0.5, 0.6) is 11.5 Å². The van der Waals surface area contributed by atoms with Crippen LogP contribution in [-0.2, 0) is 6.54 Å². The molecule has 2 aromatic heterocycles. The standard InChI is InChI=1S/C18H12ClFN4O/c19-15-6-13(8-21)10-24-18(15)23-9-12-3-4-17(16(20)7-12)25-14-2-1-5-22-11-14/h1-7,10-11H,9H2,(H,23,24). The van der Waals surface area contributed by atoms with Gasteiger partial charge in [0.05, 0.1) is 16.8 Å². The van der Waals surface area contributed by atoms with Crippen LogP contribution >= 0.6 is 11.6 Å². The molecule has 1 N–H and O–H groups in total. The summed E-state index contributed by atoms with van der Waals surface area (Å²) < 4.78 is 19.6. The predicted molar refractivity (Wildman–Crippen MR) is 92.0 cm³/mol. The maximum atomic E-state index is 14.2. The summed E-state index contributed by atoms with van der Waals surface area (Å²) in [5.74, 6) is 0.519. The van der Waals surface area contributed by atoms with Gasteiger partial charge in [0.2, 0.25) is 0 Å². The Morgan fingerprint density at radius 2 is 2.12 bits per heavy atom. The molecule has 0 fully saturated rings. The minimum Gasteiger partial charge on any atom is -0.453 e. The average molecular weight is 355 g/mol. The fourth-order valence-electron chi connectivity index (χ4n) is 2.09. The molecule has 0 aliphatic rings.